The van der Waals surface area contributed by atoms with Gasteiger partial charge in [0.1, 0.15) is 6.04 Å². The number of benzene rings is 1. The molecule has 0 fully saturated rings. The maximum Gasteiger partial charge on any atom is 0.240 e. The smallest absolute Gasteiger partial charge is 0.240 e. The molecule has 5 heteroatoms. The van der Waals surface area contributed by atoms with E-state index in [0.717, 1.165) is 5.56 Å². The average molecular weight is 259 g/mol. The van der Waals surface area contributed by atoms with Crippen LogP contribution in [0.15, 0.2) is 30.3 Å². The SMILES string of the molecule is N#CCCC[C@@H](NC(=O)Cc1ccccc1)C(N)=O. The van der Waals surface area contributed by atoms with E-state index in [4.69, 9.17) is 11.0 Å². The molecule has 0 heterocycles. The van der Waals surface area contributed by atoms with Crippen LogP contribution in [-0.2, 0) is 16.0 Å². The lowest BCUT2D eigenvalue weighted by Crippen LogP contribution is -2.44. The number of primary amides is 1. The summed E-state index contributed by atoms with van der Waals surface area (Å²) >= 11 is 0. The Kier molecular flexibility index (Phi) is 6.10. The third-order valence-corrected chi connectivity index (χ3v) is 2.67. The van der Waals surface area contributed by atoms with Crippen molar-refractivity contribution >= 4 is 11.8 Å². The number of carbonyl (C=O) groups excluding carboxylic acids is 2. The molecule has 0 aromatic heterocycles. The minimum Gasteiger partial charge on any atom is -0.368 e. The van der Waals surface area contributed by atoms with Gasteiger partial charge >= 0.3 is 0 Å². The van der Waals surface area contributed by atoms with E-state index < -0.39 is 11.9 Å². The summed E-state index contributed by atoms with van der Waals surface area (Å²) in [6, 6.07) is 10.5. The van der Waals surface area contributed by atoms with Crippen molar-refractivity contribution in [1.82, 2.24) is 5.32 Å². The largest absolute Gasteiger partial charge is 0.368 e. The molecule has 100 valence electrons. The van der Waals surface area contributed by atoms with Gasteiger partial charge in [0, 0.05) is 6.42 Å². The van der Waals surface area contributed by atoms with E-state index in [1.54, 1.807) is 0 Å². The summed E-state index contributed by atoms with van der Waals surface area (Å²) in [6.45, 7) is 0. The van der Waals surface area contributed by atoms with E-state index in [1.165, 1.54) is 0 Å². The summed E-state index contributed by atoms with van der Waals surface area (Å²) in [4.78, 5) is 23.0. The van der Waals surface area contributed by atoms with Gasteiger partial charge in [-0.15, -0.1) is 0 Å². The van der Waals surface area contributed by atoms with Crippen LogP contribution in [0.25, 0.3) is 0 Å². The van der Waals surface area contributed by atoms with Crippen LogP contribution in [0.3, 0.4) is 0 Å². The molecule has 0 aliphatic carbocycles. The number of carbonyl (C=O) groups is 2. The lowest BCUT2D eigenvalue weighted by Gasteiger charge is -2.14. The first-order valence-corrected chi connectivity index (χ1v) is 6.13. The topological polar surface area (TPSA) is 96.0 Å². The molecule has 0 aliphatic heterocycles. The average Bonchev–Trinajstić information content (AvgIpc) is 2.38. The van der Waals surface area contributed by atoms with Gasteiger partial charge in [0.2, 0.25) is 11.8 Å². The number of amides is 2. The van der Waals surface area contributed by atoms with Crippen LogP contribution in [-0.4, -0.2) is 17.9 Å². The maximum atomic E-state index is 11.8. The highest BCUT2D eigenvalue weighted by Crippen LogP contribution is 2.03. The first-order valence-electron chi connectivity index (χ1n) is 6.13. The minimum absolute atomic E-state index is 0.211. The molecule has 0 bridgehead atoms. The molecular weight excluding hydrogens is 242 g/mol. The fourth-order valence-electron chi connectivity index (χ4n) is 1.70. The van der Waals surface area contributed by atoms with E-state index in [1.807, 2.05) is 36.4 Å². The third-order valence-electron chi connectivity index (χ3n) is 2.67. The summed E-state index contributed by atoms with van der Waals surface area (Å²) in [5.74, 6) is -0.814. The van der Waals surface area contributed by atoms with Crippen LogP contribution >= 0.6 is 0 Å². The van der Waals surface area contributed by atoms with Gasteiger partial charge in [0.05, 0.1) is 12.5 Å². The molecule has 3 N–H and O–H groups in total. The maximum absolute atomic E-state index is 11.8. The predicted molar refractivity (Wildman–Crippen MR) is 70.7 cm³/mol. The Labute approximate surface area is 112 Å². The van der Waals surface area contributed by atoms with Crippen LogP contribution in [0, 0.1) is 11.3 Å². The fourth-order valence-corrected chi connectivity index (χ4v) is 1.70. The van der Waals surface area contributed by atoms with E-state index >= 15 is 0 Å². The number of nitrogens with two attached hydrogens (primary N) is 1. The van der Waals surface area contributed by atoms with Crippen molar-refractivity contribution < 1.29 is 9.59 Å². The number of unbranched alkanes of at least 4 members (excludes halogenated alkanes) is 1. The Balaban J connectivity index is 2.47. The van der Waals surface area contributed by atoms with E-state index in [0.29, 0.717) is 19.3 Å². The van der Waals surface area contributed by atoms with E-state index in [9.17, 15) is 9.59 Å². The van der Waals surface area contributed by atoms with Crippen molar-refractivity contribution in [2.75, 3.05) is 0 Å². The highest BCUT2D eigenvalue weighted by atomic mass is 16.2. The monoisotopic (exact) mass is 259 g/mol. The molecule has 0 aliphatic rings. The number of hydrogen-bond donors (Lipinski definition) is 2. The molecular formula is C14H17N3O2. The number of nitrogens with zero attached hydrogens (tertiary/aromatic N) is 1. The van der Waals surface area contributed by atoms with Crippen LogP contribution < -0.4 is 11.1 Å². The first-order chi connectivity index (χ1) is 9.13. The van der Waals surface area contributed by atoms with Gasteiger partial charge in [0.25, 0.3) is 0 Å². The van der Waals surface area contributed by atoms with Crippen LogP contribution in [0.4, 0.5) is 0 Å². The van der Waals surface area contributed by atoms with E-state index in [2.05, 4.69) is 5.32 Å². The zero-order valence-electron chi connectivity index (χ0n) is 10.6. The lowest BCUT2D eigenvalue weighted by atomic mass is 10.1. The summed E-state index contributed by atoms with van der Waals surface area (Å²) in [5, 5.41) is 11.0. The van der Waals surface area contributed by atoms with Crippen LogP contribution in [0.5, 0.6) is 0 Å². The molecule has 0 saturated heterocycles. The fraction of sp³-hybridized carbons (Fsp3) is 0.357. The second-order valence-corrected chi connectivity index (χ2v) is 4.24. The lowest BCUT2D eigenvalue weighted by molar-refractivity contribution is -0.127. The van der Waals surface area contributed by atoms with Gasteiger partial charge in [-0.3, -0.25) is 9.59 Å². The predicted octanol–water partition coefficient (Wildman–Crippen LogP) is 0.893. The molecule has 0 radical (unpaired) electrons. The van der Waals surface area contributed by atoms with E-state index in [-0.39, 0.29) is 12.3 Å². The van der Waals surface area contributed by atoms with Gasteiger partial charge in [-0.05, 0) is 18.4 Å². The third kappa shape index (κ3) is 5.68. The van der Waals surface area contributed by atoms with Gasteiger partial charge < -0.3 is 11.1 Å². The zero-order chi connectivity index (χ0) is 14.1. The van der Waals surface area contributed by atoms with Crippen LogP contribution in [0.1, 0.15) is 24.8 Å². The summed E-state index contributed by atoms with van der Waals surface area (Å²) in [6.07, 6.45) is 1.49. The molecule has 1 atom stereocenters. The molecule has 19 heavy (non-hydrogen) atoms. The second kappa shape index (κ2) is 7.88. The Morgan fingerprint density at radius 3 is 2.58 bits per heavy atom. The zero-order valence-corrected chi connectivity index (χ0v) is 10.6. The van der Waals surface area contributed by atoms with Gasteiger partial charge in [0.15, 0.2) is 0 Å². The summed E-state index contributed by atoms with van der Waals surface area (Å²) in [7, 11) is 0. The van der Waals surface area contributed by atoms with Crippen LogP contribution in [0.2, 0.25) is 0 Å². The summed E-state index contributed by atoms with van der Waals surface area (Å²) < 4.78 is 0. The molecule has 0 spiro atoms. The van der Waals surface area contributed by atoms with Crippen molar-refractivity contribution in [2.45, 2.75) is 31.7 Å². The number of rotatable bonds is 7. The van der Waals surface area contributed by atoms with Gasteiger partial charge in [-0.25, -0.2) is 0 Å². The Hall–Kier alpha value is -2.35. The molecule has 1 aromatic rings. The molecule has 1 aromatic carbocycles. The Morgan fingerprint density at radius 2 is 2.00 bits per heavy atom. The number of hydrogen-bond acceptors (Lipinski definition) is 3. The quantitative estimate of drug-likeness (QED) is 0.712. The van der Waals surface area contributed by atoms with Crippen molar-refractivity contribution in [3.05, 3.63) is 35.9 Å². The highest BCUT2D eigenvalue weighted by molar-refractivity contribution is 5.87. The number of nitriles is 1. The standard InChI is InChI=1S/C14H17N3O2/c15-9-5-4-8-12(14(16)19)17-13(18)10-11-6-2-1-3-7-11/h1-3,6-7,12H,4-5,8,10H2,(H2,16,19)(H,17,18)/t12-/m1/s1. The molecule has 1 rings (SSSR count). The van der Waals surface area contributed by atoms with Gasteiger partial charge in [-0.1, -0.05) is 30.3 Å². The van der Waals surface area contributed by atoms with Crippen molar-refractivity contribution in [2.24, 2.45) is 5.73 Å². The highest BCUT2D eigenvalue weighted by Gasteiger charge is 2.17. The molecule has 5 nitrogen and oxygen atoms in total. The molecule has 0 saturated carbocycles. The minimum atomic E-state index is -0.704. The molecule has 0 unspecified atom stereocenters. The van der Waals surface area contributed by atoms with Gasteiger partial charge in [-0.2, -0.15) is 5.26 Å². The van der Waals surface area contributed by atoms with Crippen molar-refractivity contribution in [3.8, 4) is 6.07 Å². The second-order valence-electron chi connectivity index (χ2n) is 4.24. The van der Waals surface area contributed by atoms with Crippen molar-refractivity contribution in [3.63, 3.8) is 0 Å². The Morgan fingerprint density at radius 1 is 1.32 bits per heavy atom. The number of nitrogens with one attached hydrogen (secondary N) is 1. The Bertz CT molecular complexity index is 465. The normalized spacial score (nSPS) is 11.3. The van der Waals surface area contributed by atoms with Crippen molar-refractivity contribution in [1.29, 1.82) is 5.26 Å². The first kappa shape index (κ1) is 14.7. The molecule has 2 amide bonds. The summed E-state index contributed by atoms with van der Waals surface area (Å²) in [5.41, 5.74) is 6.10.